The van der Waals surface area contributed by atoms with Gasteiger partial charge in [-0.3, -0.25) is 9.79 Å². The van der Waals surface area contributed by atoms with Crippen LogP contribution in [0.2, 0.25) is 0 Å². The van der Waals surface area contributed by atoms with E-state index in [4.69, 9.17) is 9.47 Å². The van der Waals surface area contributed by atoms with Crippen LogP contribution in [0, 0.1) is 30.1 Å². The third kappa shape index (κ3) is 3.64. The Kier molecular flexibility index (Phi) is 4.88. The van der Waals surface area contributed by atoms with Crippen LogP contribution in [-0.2, 0) is 4.79 Å². The van der Waals surface area contributed by atoms with E-state index >= 15 is 0 Å². The number of carbonyl (C=O) groups is 1. The number of hydrogen-bond donors (Lipinski definition) is 0. The highest BCUT2D eigenvalue weighted by atomic mass is 16.6. The normalized spacial score (nSPS) is 29.3. The molecule has 0 aromatic heterocycles. The number of hydrogen-bond acceptors (Lipinski definition) is 4. The van der Waals surface area contributed by atoms with Gasteiger partial charge >= 0.3 is 5.97 Å². The number of ether oxygens (including phenoxy) is 2. The Morgan fingerprint density at radius 1 is 0.967 bits per heavy atom. The highest BCUT2D eigenvalue weighted by Crippen LogP contribution is 2.60. The SMILES string of the molecule is COc1cc(C=Nc2ccc(C)cc2)ccc1OC(=O)C12CC3CC(CC(C3)C1)C2. The second kappa shape index (κ2) is 7.57. The van der Waals surface area contributed by atoms with Gasteiger partial charge in [-0.15, -0.1) is 0 Å². The Labute approximate surface area is 178 Å². The minimum absolute atomic E-state index is 0.0547. The first-order valence-corrected chi connectivity index (χ1v) is 11.0. The second-order valence-corrected chi connectivity index (χ2v) is 9.59. The third-order valence-corrected chi connectivity index (χ3v) is 7.26. The zero-order chi connectivity index (χ0) is 20.7. The lowest BCUT2D eigenvalue weighted by atomic mass is 9.49. The summed E-state index contributed by atoms with van der Waals surface area (Å²) in [6.07, 6.45) is 8.74. The highest BCUT2D eigenvalue weighted by molar-refractivity contribution is 5.84. The quantitative estimate of drug-likeness (QED) is 0.356. The van der Waals surface area contributed by atoms with Crippen LogP contribution < -0.4 is 9.47 Å². The Morgan fingerprint density at radius 3 is 2.20 bits per heavy atom. The van der Waals surface area contributed by atoms with Crippen LogP contribution >= 0.6 is 0 Å². The summed E-state index contributed by atoms with van der Waals surface area (Å²) in [4.78, 5) is 17.8. The first-order chi connectivity index (χ1) is 14.5. The van der Waals surface area contributed by atoms with Gasteiger partial charge in [-0.1, -0.05) is 17.7 Å². The van der Waals surface area contributed by atoms with Gasteiger partial charge in [-0.25, -0.2) is 0 Å². The van der Waals surface area contributed by atoms with Gasteiger partial charge in [0.2, 0.25) is 0 Å². The van der Waals surface area contributed by atoms with Gasteiger partial charge in [-0.2, -0.15) is 0 Å². The van der Waals surface area contributed by atoms with E-state index < -0.39 is 0 Å². The number of carbonyl (C=O) groups excluding carboxylic acids is 1. The molecule has 0 spiro atoms. The summed E-state index contributed by atoms with van der Waals surface area (Å²) >= 11 is 0. The number of benzene rings is 2. The molecule has 4 heteroatoms. The maximum Gasteiger partial charge on any atom is 0.317 e. The summed E-state index contributed by atoms with van der Waals surface area (Å²) in [5.74, 6) is 3.16. The molecular formula is C26H29NO3. The van der Waals surface area contributed by atoms with Gasteiger partial charge in [0.1, 0.15) is 0 Å². The van der Waals surface area contributed by atoms with E-state index in [1.807, 2.05) is 42.5 Å². The fourth-order valence-corrected chi connectivity index (χ4v) is 6.20. The van der Waals surface area contributed by atoms with Crippen molar-refractivity contribution in [1.82, 2.24) is 0 Å². The van der Waals surface area contributed by atoms with Crippen LogP contribution in [0.25, 0.3) is 0 Å². The van der Waals surface area contributed by atoms with Crippen molar-refractivity contribution < 1.29 is 14.3 Å². The number of esters is 1. The fourth-order valence-electron chi connectivity index (χ4n) is 6.20. The molecule has 0 N–H and O–H groups in total. The van der Waals surface area contributed by atoms with Crippen molar-refractivity contribution in [3.8, 4) is 11.5 Å². The largest absolute Gasteiger partial charge is 0.493 e. The van der Waals surface area contributed by atoms with E-state index in [1.54, 1.807) is 13.3 Å². The monoisotopic (exact) mass is 403 g/mol. The zero-order valence-corrected chi connectivity index (χ0v) is 17.8. The molecule has 30 heavy (non-hydrogen) atoms. The molecule has 4 aliphatic rings. The zero-order valence-electron chi connectivity index (χ0n) is 17.8. The smallest absolute Gasteiger partial charge is 0.317 e. The molecule has 0 amide bonds. The van der Waals surface area contributed by atoms with E-state index in [9.17, 15) is 4.79 Å². The van der Waals surface area contributed by atoms with Crippen LogP contribution in [0.4, 0.5) is 5.69 Å². The topological polar surface area (TPSA) is 47.9 Å². The minimum Gasteiger partial charge on any atom is -0.493 e. The van der Waals surface area contributed by atoms with Gasteiger partial charge in [0.05, 0.1) is 18.2 Å². The molecule has 4 bridgehead atoms. The van der Waals surface area contributed by atoms with E-state index in [-0.39, 0.29) is 11.4 Å². The summed E-state index contributed by atoms with van der Waals surface area (Å²) in [5, 5.41) is 0. The average Bonchev–Trinajstić information content (AvgIpc) is 2.73. The molecule has 156 valence electrons. The molecule has 2 aromatic carbocycles. The van der Waals surface area contributed by atoms with Crippen LogP contribution in [0.1, 0.15) is 49.7 Å². The van der Waals surface area contributed by atoms with E-state index in [0.29, 0.717) is 29.3 Å². The van der Waals surface area contributed by atoms with Crippen LogP contribution in [0.15, 0.2) is 47.5 Å². The first kappa shape index (κ1) is 19.3. The number of aryl methyl sites for hydroxylation is 1. The lowest BCUT2D eigenvalue weighted by Crippen LogP contribution is -2.51. The molecule has 6 rings (SSSR count). The van der Waals surface area contributed by atoms with Crippen molar-refractivity contribution >= 4 is 17.9 Å². The Bertz CT molecular complexity index is 941. The van der Waals surface area contributed by atoms with Crippen LogP contribution in [-0.4, -0.2) is 19.3 Å². The maximum atomic E-state index is 13.3. The summed E-state index contributed by atoms with van der Waals surface area (Å²) < 4.78 is 11.5. The van der Waals surface area contributed by atoms with Crippen molar-refractivity contribution in [2.45, 2.75) is 45.4 Å². The maximum absolute atomic E-state index is 13.3. The van der Waals surface area contributed by atoms with Gasteiger partial charge in [0.25, 0.3) is 0 Å². The lowest BCUT2D eigenvalue weighted by molar-refractivity contribution is -0.161. The van der Waals surface area contributed by atoms with E-state index in [1.165, 1.54) is 24.8 Å². The standard InChI is InChI=1S/C26H29NO3/c1-17-3-6-22(7-4-17)27-16-18-5-8-23(24(12-18)29-2)30-25(28)26-13-19-9-20(14-26)11-21(10-19)15-26/h3-8,12,16,19-21H,9-11,13-15H2,1-2H3. The molecule has 4 nitrogen and oxygen atoms in total. The molecule has 4 aliphatic carbocycles. The summed E-state index contributed by atoms with van der Waals surface area (Å²) in [6.45, 7) is 2.06. The number of methoxy groups -OCH3 is 1. The molecular weight excluding hydrogens is 374 g/mol. The fraction of sp³-hybridized carbons (Fsp3) is 0.462. The van der Waals surface area contributed by atoms with E-state index in [2.05, 4.69) is 11.9 Å². The van der Waals surface area contributed by atoms with Crippen LogP contribution in [0.5, 0.6) is 11.5 Å². The predicted molar refractivity (Wildman–Crippen MR) is 118 cm³/mol. The highest BCUT2D eigenvalue weighted by Gasteiger charge is 2.55. The van der Waals surface area contributed by atoms with Crippen molar-refractivity contribution in [2.24, 2.45) is 28.2 Å². The molecule has 0 unspecified atom stereocenters. The van der Waals surface area contributed by atoms with Gasteiger partial charge in [-0.05, 0) is 99.1 Å². The summed E-state index contributed by atoms with van der Waals surface area (Å²) in [7, 11) is 1.61. The number of rotatable bonds is 5. The molecule has 0 aliphatic heterocycles. The molecule has 2 aromatic rings. The predicted octanol–water partition coefficient (Wildman–Crippen LogP) is 5.88. The van der Waals surface area contributed by atoms with Gasteiger partial charge < -0.3 is 9.47 Å². The van der Waals surface area contributed by atoms with Crippen molar-refractivity contribution in [2.75, 3.05) is 7.11 Å². The van der Waals surface area contributed by atoms with Crippen molar-refractivity contribution in [3.05, 3.63) is 53.6 Å². The van der Waals surface area contributed by atoms with Gasteiger partial charge in [0, 0.05) is 6.21 Å². The molecule has 4 saturated carbocycles. The van der Waals surface area contributed by atoms with Crippen LogP contribution in [0.3, 0.4) is 0 Å². The summed E-state index contributed by atoms with van der Waals surface area (Å²) in [5.41, 5.74) is 2.74. The number of nitrogens with zero attached hydrogens (tertiary/aromatic N) is 1. The molecule has 0 atom stereocenters. The minimum atomic E-state index is -0.272. The Balaban J connectivity index is 1.32. The molecule has 0 heterocycles. The molecule has 0 saturated heterocycles. The second-order valence-electron chi connectivity index (χ2n) is 9.59. The number of aliphatic imine (C=N–C) groups is 1. The van der Waals surface area contributed by atoms with E-state index in [0.717, 1.165) is 30.5 Å². The lowest BCUT2D eigenvalue weighted by Gasteiger charge is -2.55. The van der Waals surface area contributed by atoms with Crippen molar-refractivity contribution in [3.63, 3.8) is 0 Å². The van der Waals surface area contributed by atoms with Crippen molar-refractivity contribution in [1.29, 1.82) is 0 Å². The average molecular weight is 404 g/mol. The molecule has 0 radical (unpaired) electrons. The Morgan fingerprint density at radius 2 is 1.60 bits per heavy atom. The molecule has 4 fully saturated rings. The first-order valence-electron chi connectivity index (χ1n) is 11.0. The Hall–Kier alpha value is -2.62. The third-order valence-electron chi connectivity index (χ3n) is 7.26. The summed E-state index contributed by atoms with van der Waals surface area (Å²) in [6, 6.07) is 13.7. The van der Waals surface area contributed by atoms with Gasteiger partial charge in [0.15, 0.2) is 11.5 Å².